The second-order valence-electron chi connectivity index (χ2n) is 4.06. The van der Waals surface area contributed by atoms with Gasteiger partial charge in [0.25, 0.3) is 0 Å². The summed E-state index contributed by atoms with van der Waals surface area (Å²) in [5.74, 6) is 1.52. The first kappa shape index (κ1) is 13.9. The van der Waals surface area contributed by atoms with Gasteiger partial charge in [-0.1, -0.05) is 5.16 Å². The zero-order chi connectivity index (χ0) is 12.9. The van der Waals surface area contributed by atoms with Gasteiger partial charge in [0.05, 0.1) is 5.60 Å². The maximum Gasteiger partial charge on any atom is 0.320 e. The molecule has 2 amide bonds. The molecule has 3 N–H and O–H groups in total. The summed E-state index contributed by atoms with van der Waals surface area (Å²) in [5.41, 5.74) is -0.920. The minimum absolute atomic E-state index is 0.177. The lowest BCUT2D eigenvalue weighted by Gasteiger charge is -2.22. The highest BCUT2D eigenvalue weighted by Gasteiger charge is 2.20. The van der Waals surface area contributed by atoms with Gasteiger partial charge in [-0.15, -0.1) is 0 Å². The van der Waals surface area contributed by atoms with Crippen molar-refractivity contribution >= 4 is 23.6 Å². The Morgan fingerprint density at radius 1 is 1.71 bits per heavy atom. The number of amides is 2. The summed E-state index contributed by atoms with van der Waals surface area (Å²) in [7, 11) is 0. The van der Waals surface area contributed by atoms with Crippen molar-refractivity contribution in [3.05, 3.63) is 11.8 Å². The van der Waals surface area contributed by atoms with Crippen molar-refractivity contribution in [3.63, 3.8) is 0 Å². The summed E-state index contributed by atoms with van der Waals surface area (Å²) in [5, 5.41) is 18.5. The largest absolute Gasteiger partial charge is 0.387 e. The topological polar surface area (TPSA) is 87.4 Å². The Kier molecular flexibility index (Phi) is 4.83. The van der Waals surface area contributed by atoms with Crippen LogP contribution >= 0.6 is 11.8 Å². The van der Waals surface area contributed by atoms with Crippen molar-refractivity contribution in [3.8, 4) is 0 Å². The van der Waals surface area contributed by atoms with Gasteiger partial charge in [-0.25, -0.2) is 4.79 Å². The van der Waals surface area contributed by atoms with E-state index in [4.69, 9.17) is 4.52 Å². The summed E-state index contributed by atoms with van der Waals surface area (Å²) < 4.78 is 4.80. The number of aliphatic hydroxyl groups is 1. The average Bonchev–Trinajstić information content (AvgIpc) is 2.61. The van der Waals surface area contributed by atoms with E-state index in [2.05, 4.69) is 15.8 Å². The van der Waals surface area contributed by atoms with Crippen LogP contribution in [0, 0.1) is 6.92 Å². The fourth-order valence-electron chi connectivity index (χ4n) is 1.22. The van der Waals surface area contributed by atoms with Crippen LogP contribution in [0.2, 0.25) is 0 Å². The van der Waals surface area contributed by atoms with Gasteiger partial charge in [0.15, 0.2) is 5.82 Å². The SMILES string of the molecule is CSCC(C)(O)CNC(=O)Nc1cc(C)on1. The fourth-order valence-corrected chi connectivity index (χ4v) is 1.94. The van der Waals surface area contributed by atoms with E-state index in [1.165, 1.54) is 11.8 Å². The van der Waals surface area contributed by atoms with Crippen LogP contribution in [0.25, 0.3) is 0 Å². The second kappa shape index (κ2) is 5.92. The maximum absolute atomic E-state index is 11.5. The molecule has 0 bridgehead atoms. The predicted molar refractivity (Wildman–Crippen MR) is 67.3 cm³/mol. The van der Waals surface area contributed by atoms with E-state index >= 15 is 0 Å². The van der Waals surface area contributed by atoms with E-state index < -0.39 is 11.6 Å². The Bertz CT molecular complexity index is 379. The van der Waals surface area contributed by atoms with Crippen LogP contribution in [-0.2, 0) is 0 Å². The number of aromatic nitrogens is 1. The van der Waals surface area contributed by atoms with Crippen molar-refractivity contribution in [2.45, 2.75) is 19.4 Å². The molecule has 6 nitrogen and oxygen atoms in total. The van der Waals surface area contributed by atoms with Crippen molar-refractivity contribution < 1.29 is 14.4 Å². The third-order valence-electron chi connectivity index (χ3n) is 1.95. The molecule has 1 aromatic heterocycles. The number of thioether (sulfide) groups is 1. The number of nitrogens with one attached hydrogen (secondary N) is 2. The molecular weight excluding hydrogens is 242 g/mol. The number of anilines is 1. The van der Waals surface area contributed by atoms with Gasteiger partial charge < -0.3 is 14.9 Å². The first-order chi connectivity index (χ1) is 7.93. The van der Waals surface area contributed by atoms with Gasteiger partial charge in [-0.3, -0.25) is 5.32 Å². The highest BCUT2D eigenvalue weighted by atomic mass is 32.2. The van der Waals surface area contributed by atoms with Crippen LogP contribution in [0.3, 0.4) is 0 Å². The summed E-state index contributed by atoms with van der Waals surface area (Å²) in [6.07, 6.45) is 1.90. The number of hydrogen-bond donors (Lipinski definition) is 3. The number of rotatable bonds is 5. The first-order valence-corrected chi connectivity index (χ1v) is 6.52. The Morgan fingerprint density at radius 3 is 2.94 bits per heavy atom. The summed E-state index contributed by atoms with van der Waals surface area (Å²) in [6, 6.07) is 1.19. The third kappa shape index (κ3) is 5.10. The summed E-state index contributed by atoms with van der Waals surface area (Å²) in [4.78, 5) is 11.5. The quantitative estimate of drug-likeness (QED) is 0.740. The van der Waals surface area contributed by atoms with E-state index in [1.807, 2.05) is 6.26 Å². The lowest BCUT2D eigenvalue weighted by atomic mass is 10.1. The molecule has 1 unspecified atom stereocenters. The monoisotopic (exact) mass is 259 g/mol. The van der Waals surface area contributed by atoms with Crippen LogP contribution in [0.15, 0.2) is 10.6 Å². The van der Waals surface area contributed by atoms with Gasteiger partial charge >= 0.3 is 6.03 Å². The molecule has 0 aromatic carbocycles. The second-order valence-corrected chi connectivity index (χ2v) is 4.93. The molecule has 0 radical (unpaired) electrons. The fraction of sp³-hybridized carbons (Fsp3) is 0.600. The first-order valence-electron chi connectivity index (χ1n) is 5.12. The summed E-state index contributed by atoms with van der Waals surface area (Å²) in [6.45, 7) is 3.58. The van der Waals surface area contributed by atoms with E-state index in [-0.39, 0.29) is 6.54 Å². The Morgan fingerprint density at radius 2 is 2.41 bits per heavy atom. The molecule has 7 heteroatoms. The molecule has 0 saturated heterocycles. The molecule has 1 rings (SSSR count). The standard InChI is InChI=1S/C10H17N3O3S/c1-7-4-8(13-16-7)12-9(14)11-5-10(2,15)6-17-3/h4,15H,5-6H2,1-3H3,(H2,11,12,13,14). The minimum atomic E-state index is -0.920. The van der Waals surface area contributed by atoms with Gasteiger partial charge in [0, 0.05) is 18.4 Å². The molecule has 1 aromatic rings. The average molecular weight is 259 g/mol. The van der Waals surface area contributed by atoms with Crippen LogP contribution in [-0.4, -0.2) is 40.4 Å². The van der Waals surface area contributed by atoms with Crippen molar-refractivity contribution in [1.82, 2.24) is 10.5 Å². The zero-order valence-corrected chi connectivity index (χ0v) is 10.9. The molecule has 1 atom stereocenters. The van der Waals surface area contributed by atoms with E-state index in [0.29, 0.717) is 17.3 Å². The smallest absolute Gasteiger partial charge is 0.320 e. The number of urea groups is 1. The molecule has 0 aliphatic rings. The number of carbonyl (C=O) groups excluding carboxylic acids is 1. The van der Waals surface area contributed by atoms with Gasteiger partial charge in [-0.2, -0.15) is 11.8 Å². The molecule has 17 heavy (non-hydrogen) atoms. The molecular formula is C10H17N3O3S. The molecule has 0 aliphatic heterocycles. The van der Waals surface area contributed by atoms with Crippen molar-refractivity contribution in [2.75, 3.05) is 23.9 Å². The number of nitrogens with zero attached hydrogens (tertiary/aromatic N) is 1. The molecule has 0 aliphatic carbocycles. The van der Waals surface area contributed by atoms with Crippen LogP contribution in [0.1, 0.15) is 12.7 Å². The number of hydrogen-bond acceptors (Lipinski definition) is 5. The molecule has 0 fully saturated rings. The minimum Gasteiger partial charge on any atom is -0.387 e. The molecule has 0 spiro atoms. The molecule has 0 saturated carbocycles. The van der Waals surface area contributed by atoms with Gasteiger partial charge in [0.1, 0.15) is 5.76 Å². The van der Waals surface area contributed by atoms with Crippen LogP contribution in [0.5, 0.6) is 0 Å². The van der Waals surface area contributed by atoms with E-state index in [1.54, 1.807) is 19.9 Å². The highest BCUT2D eigenvalue weighted by molar-refractivity contribution is 7.98. The van der Waals surface area contributed by atoms with Crippen molar-refractivity contribution in [1.29, 1.82) is 0 Å². The van der Waals surface area contributed by atoms with Crippen molar-refractivity contribution in [2.24, 2.45) is 0 Å². The van der Waals surface area contributed by atoms with E-state index in [9.17, 15) is 9.90 Å². The number of aryl methyl sites for hydroxylation is 1. The van der Waals surface area contributed by atoms with Gasteiger partial charge in [0.2, 0.25) is 0 Å². The Labute approximate surface area is 104 Å². The van der Waals surface area contributed by atoms with Crippen LogP contribution in [0.4, 0.5) is 10.6 Å². The number of carbonyl (C=O) groups is 1. The lowest BCUT2D eigenvalue weighted by molar-refractivity contribution is 0.0876. The molecule has 1 heterocycles. The molecule has 96 valence electrons. The zero-order valence-electron chi connectivity index (χ0n) is 10.1. The lowest BCUT2D eigenvalue weighted by Crippen LogP contribution is -2.43. The van der Waals surface area contributed by atoms with E-state index in [0.717, 1.165) is 0 Å². The van der Waals surface area contributed by atoms with Gasteiger partial charge in [-0.05, 0) is 20.1 Å². The Hall–Kier alpha value is -1.21. The maximum atomic E-state index is 11.5. The normalized spacial score (nSPS) is 14.1. The van der Waals surface area contributed by atoms with Crippen LogP contribution < -0.4 is 10.6 Å². The highest BCUT2D eigenvalue weighted by Crippen LogP contribution is 2.09. The summed E-state index contributed by atoms with van der Waals surface area (Å²) >= 11 is 1.52. The third-order valence-corrected chi connectivity index (χ3v) is 2.87. The predicted octanol–water partition coefficient (Wildman–Crippen LogP) is 1.22. The Balaban J connectivity index is 2.35.